The number of carbonyl (C=O) groups excluding carboxylic acids is 1. The molecule has 2 aromatic carbocycles. The molecule has 0 bridgehead atoms. The summed E-state index contributed by atoms with van der Waals surface area (Å²) in [6.45, 7) is 4.22. The maximum absolute atomic E-state index is 13.4. The highest BCUT2D eigenvalue weighted by molar-refractivity contribution is 5.77. The number of hydrogen-bond acceptors (Lipinski definition) is 3. The molecule has 1 aliphatic heterocycles. The van der Waals surface area contributed by atoms with Gasteiger partial charge >= 0.3 is 0 Å². The summed E-state index contributed by atoms with van der Waals surface area (Å²) < 4.78 is 18.6. The van der Waals surface area contributed by atoms with Crippen molar-refractivity contribution in [2.45, 2.75) is 32.2 Å². The topological polar surface area (TPSA) is 50.4 Å². The molecule has 0 spiro atoms. The first kappa shape index (κ1) is 20.3. The molecule has 1 fully saturated rings. The van der Waals surface area contributed by atoms with Crippen LogP contribution in [0.15, 0.2) is 48.5 Å². The Hall–Kier alpha value is -2.40. The summed E-state index contributed by atoms with van der Waals surface area (Å²) in [4.78, 5) is 12.8. The molecule has 2 N–H and O–H groups in total. The first-order valence-electron chi connectivity index (χ1n) is 9.96. The van der Waals surface area contributed by atoms with Crippen LogP contribution in [0.5, 0.6) is 5.75 Å². The van der Waals surface area contributed by atoms with E-state index in [0.29, 0.717) is 18.3 Å². The van der Waals surface area contributed by atoms with Crippen molar-refractivity contribution in [2.24, 2.45) is 11.8 Å². The van der Waals surface area contributed by atoms with Crippen molar-refractivity contribution in [1.82, 2.24) is 10.6 Å². The summed E-state index contributed by atoms with van der Waals surface area (Å²) in [5, 5.41) is 6.53. The van der Waals surface area contributed by atoms with E-state index >= 15 is 0 Å². The zero-order valence-corrected chi connectivity index (χ0v) is 16.6. The number of hydrogen-bond donors (Lipinski definition) is 2. The molecule has 150 valence electrons. The van der Waals surface area contributed by atoms with Gasteiger partial charge in [0.2, 0.25) is 5.91 Å². The van der Waals surface area contributed by atoms with Gasteiger partial charge in [-0.05, 0) is 73.2 Å². The summed E-state index contributed by atoms with van der Waals surface area (Å²) in [6.07, 6.45) is 2.74. The third kappa shape index (κ3) is 5.32. The summed E-state index contributed by atoms with van der Waals surface area (Å²) in [5.41, 5.74) is 1.80. The van der Waals surface area contributed by atoms with E-state index in [1.165, 1.54) is 12.1 Å². The molecule has 1 amide bonds. The number of piperidine rings is 1. The number of ether oxygens (including phenoxy) is 1. The van der Waals surface area contributed by atoms with Crippen LogP contribution in [0.3, 0.4) is 0 Å². The number of halogens is 1. The number of carbonyl (C=O) groups is 1. The second-order valence-electron chi connectivity index (χ2n) is 7.59. The molecule has 0 radical (unpaired) electrons. The predicted molar refractivity (Wildman–Crippen MR) is 109 cm³/mol. The third-order valence-electron chi connectivity index (χ3n) is 5.65. The molecule has 2 unspecified atom stereocenters. The zero-order valence-electron chi connectivity index (χ0n) is 16.6. The average Bonchev–Trinajstić information content (AvgIpc) is 2.73. The Morgan fingerprint density at radius 3 is 2.25 bits per heavy atom. The Balaban J connectivity index is 1.74. The lowest BCUT2D eigenvalue weighted by Gasteiger charge is -2.28. The van der Waals surface area contributed by atoms with Gasteiger partial charge in [0.15, 0.2) is 0 Å². The number of methoxy groups -OCH3 is 1. The molecule has 1 saturated heterocycles. The average molecular weight is 384 g/mol. The molecule has 2 atom stereocenters. The van der Waals surface area contributed by atoms with Gasteiger partial charge in [0, 0.05) is 6.42 Å². The van der Waals surface area contributed by atoms with Crippen molar-refractivity contribution in [3.63, 3.8) is 0 Å². The molecule has 28 heavy (non-hydrogen) atoms. The van der Waals surface area contributed by atoms with Crippen molar-refractivity contribution < 1.29 is 13.9 Å². The molecule has 0 saturated carbocycles. The molecule has 1 heterocycles. The van der Waals surface area contributed by atoms with E-state index in [1.54, 1.807) is 19.2 Å². The molecule has 0 aliphatic carbocycles. The van der Waals surface area contributed by atoms with Crippen molar-refractivity contribution in [2.75, 3.05) is 20.2 Å². The molecule has 1 aliphatic rings. The van der Waals surface area contributed by atoms with E-state index in [0.717, 1.165) is 42.8 Å². The highest BCUT2D eigenvalue weighted by atomic mass is 19.1. The quantitative estimate of drug-likeness (QED) is 0.757. The number of nitrogens with one attached hydrogen (secondary N) is 2. The highest BCUT2D eigenvalue weighted by Crippen LogP contribution is 2.27. The fraction of sp³-hybridized carbons (Fsp3) is 0.435. The molecule has 0 aromatic heterocycles. The monoisotopic (exact) mass is 384 g/mol. The second-order valence-corrected chi connectivity index (χ2v) is 7.59. The Morgan fingerprint density at radius 1 is 1.11 bits per heavy atom. The van der Waals surface area contributed by atoms with Crippen LogP contribution >= 0.6 is 0 Å². The van der Waals surface area contributed by atoms with Gasteiger partial charge in [0.1, 0.15) is 11.6 Å². The first-order chi connectivity index (χ1) is 13.6. The SMILES string of the molecule is COc1ccc(C(NC(=O)CC(C)C2CCNCC2)c2ccc(F)cc2)cc1. The van der Waals surface area contributed by atoms with Crippen LogP contribution in [-0.4, -0.2) is 26.1 Å². The molecule has 5 heteroatoms. The van der Waals surface area contributed by atoms with Crippen molar-refractivity contribution >= 4 is 5.91 Å². The van der Waals surface area contributed by atoms with Gasteiger partial charge in [-0.2, -0.15) is 0 Å². The maximum atomic E-state index is 13.4. The lowest BCUT2D eigenvalue weighted by Crippen LogP contribution is -2.35. The van der Waals surface area contributed by atoms with E-state index in [2.05, 4.69) is 17.6 Å². The van der Waals surface area contributed by atoms with Gasteiger partial charge in [-0.15, -0.1) is 0 Å². The fourth-order valence-electron chi connectivity index (χ4n) is 3.90. The Morgan fingerprint density at radius 2 is 1.68 bits per heavy atom. The number of rotatable bonds is 7. The van der Waals surface area contributed by atoms with E-state index < -0.39 is 0 Å². The minimum Gasteiger partial charge on any atom is -0.497 e. The van der Waals surface area contributed by atoms with Crippen LogP contribution in [0.1, 0.15) is 43.4 Å². The second kappa shape index (κ2) is 9.69. The number of benzene rings is 2. The van der Waals surface area contributed by atoms with Crippen LogP contribution in [0, 0.1) is 17.7 Å². The van der Waals surface area contributed by atoms with Crippen LogP contribution in [0.2, 0.25) is 0 Å². The minimum absolute atomic E-state index is 0.0242. The standard InChI is InChI=1S/C23H29FN2O2/c1-16(17-11-13-25-14-12-17)15-22(27)26-23(18-3-7-20(24)8-4-18)19-5-9-21(28-2)10-6-19/h3-10,16-17,23,25H,11-15H2,1-2H3,(H,26,27). The van der Waals surface area contributed by atoms with Gasteiger partial charge in [-0.1, -0.05) is 31.2 Å². The summed E-state index contributed by atoms with van der Waals surface area (Å²) in [7, 11) is 1.62. The smallest absolute Gasteiger partial charge is 0.221 e. The zero-order chi connectivity index (χ0) is 19.9. The fourth-order valence-corrected chi connectivity index (χ4v) is 3.90. The Kier molecular flexibility index (Phi) is 7.04. The van der Waals surface area contributed by atoms with E-state index in [1.807, 2.05) is 24.3 Å². The lowest BCUT2D eigenvalue weighted by molar-refractivity contribution is -0.122. The molecule has 2 aromatic rings. The van der Waals surface area contributed by atoms with Crippen molar-refractivity contribution in [1.29, 1.82) is 0 Å². The maximum Gasteiger partial charge on any atom is 0.221 e. The van der Waals surface area contributed by atoms with Gasteiger partial charge in [-0.25, -0.2) is 4.39 Å². The van der Waals surface area contributed by atoms with E-state index in [9.17, 15) is 9.18 Å². The summed E-state index contributed by atoms with van der Waals surface area (Å²) in [6, 6.07) is 13.6. The molecule has 3 rings (SSSR count). The third-order valence-corrected chi connectivity index (χ3v) is 5.65. The van der Waals surface area contributed by atoms with Gasteiger partial charge < -0.3 is 15.4 Å². The van der Waals surface area contributed by atoms with Gasteiger partial charge in [0.05, 0.1) is 13.2 Å². The molecular weight excluding hydrogens is 355 g/mol. The van der Waals surface area contributed by atoms with E-state index in [-0.39, 0.29) is 17.8 Å². The van der Waals surface area contributed by atoms with Crippen LogP contribution in [0.25, 0.3) is 0 Å². The van der Waals surface area contributed by atoms with Crippen LogP contribution in [-0.2, 0) is 4.79 Å². The highest BCUT2D eigenvalue weighted by Gasteiger charge is 2.24. The van der Waals surface area contributed by atoms with E-state index in [4.69, 9.17) is 4.74 Å². The summed E-state index contributed by atoms with van der Waals surface area (Å²) >= 11 is 0. The summed E-state index contributed by atoms with van der Waals surface area (Å²) in [5.74, 6) is 1.41. The van der Waals surface area contributed by atoms with Crippen LogP contribution < -0.4 is 15.4 Å². The largest absolute Gasteiger partial charge is 0.497 e. The number of amides is 1. The Labute approximate surface area is 166 Å². The van der Waals surface area contributed by atoms with Crippen molar-refractivity contribution in [3.05, 3.63) is 65.5 Å². The van der Waals surface area contributed by atoms with Gasteiger partial charge in [0.25, 0.3) is 0 Å². The predicted octanol–water partition coefficient (Wildman–Crippen LogP) is 4.07. The van der Waals surface area contributed by atoms with Crippen molar-refractivity contribution in [3.8, 4) is 5.75 Å². The van der Waals surface area contributed by atoms with Crippen LogP contribution in [0.4, 0.5) is 4.39 Å². The molecular formula is C23H29FN2O2. The normalized spacial score (nSPS) is 17.0. The van der Waals surface area contributed by atoms with Gasteiger partial charge in [-0.3, -0.25) is 4.79 Å². The molecule has 4 nitrogen and oxygen atoms in total. The Bertz CT molecular complexity index is 755. The minimum atomic E-state index is -0.320. The lowest BCUT2D eigenvalue weighted by atomic mass is 9.84. The first-order valence-corrected chi connectivity index (χ1v) is 9.96.